The van der Waals surface area contributed by atoms with Crippen LogP contribution in [0.15, 0.2) is 35.7 Å². The lowest BCUT2D eigenvalue weighted by atomic mass is 10.5. The third-order valence-electron chi connectivity index (χ3n) is 2.16. The van der Waals surface area contributed by atoms with E-state index in [0.717, 1.165) is 23.1 Å². The molecule has 8 nitrogen and oxygen atoms in total. The van der Waals surface area contributed by atoms with E-state index < -0.39 is 33.4 Å². The number of aliphatic carboxylic acids is 1. The van der Waals surface area contributed by atoms with E-state index in [1.807, 2.05) is 0 Å². The number of nitrogens with zero attached hydrogens (tertiary/aromatic N) is 3. The zero-order chi connectivity index (χ0) is 14.8. The zero-order valence-electron chi connectivity index (χ0n) is 9.89. The highest BCUT2D eigenvalue weighted by molar-refractivity contribution is 7.92. The minimum atomic E-state index is -4.20. The van der Waals surface area contributed by atoms with Gasteiger partial charge in [-0.3, -0.25) is 14.2 Å². The van der Waals surface area contributed by atoms with Gasteiger partial charge in [-0.15, -0.1) is 0 Å². The van der Waals surface area contributed by atoms with Crippen molar-refractivity contribution in [2.75, 3.05) is 4.72 Å². The maximum absolute atomic E-state index is 13.4. The highest BCUT2D eigenvalue weighted by Crippen LogP contribution is 2.15. The molecule has 0 atom stereocenters. The zero-order valence-corrected chi connectivity index (χ0v) is 10.7. The predicted molar refractivity (Wildman–Crippen MR) is 64.9 cm³/mol. The fourth-order valence-electron chi connectivity index (χ4n) is 1.41. The van der Waals surface area contributed by atoms with Crippen molar-refractivity contribution < 1.29 is 22.7 Å². The summed E-state index contributed by atoms with van der Waals surface area (Å²) in [5.41, 5.74) is 0.0105. The topological polar surface area (TPSA) is 114 Å². The highest BCUT2D eigenvalue weighted by atomic mass is 32.2. The minimum Gasteiger partial charge on any atom is -0.480 e. The molecule has 2 heterocycles. The molecule has 0 amide bonds. The summed E-state index contributed by atoms with van der Waals surface area (Å²) < 4.78 is 40.2. The molecule has 2 rings (SSSR count). The van der Waals surface area contributed by atoms with Gasteiger partial charge in [0.25, 0.3) is 10.0 Å². The third-order valence-corrected chi connectivity index (χ3v) is 3.48. The first-order chi connectivity index (χ1) is 9.38. The van der Waals surface area contributed by atoms with Crippen LogP contribution in [0.4, 0.5) is 10.1 Å². The van der Waals surface area contributed by atoms with E-state index in [9.17, 15) is 17.6 Å². The molecule has 0 spiro atoms. The summed E-state index contributed by atoms with van der Waals surface area (Å²) >= 11 is 0. The van der Waals surface area contributed by atoms with Gasteiger partial charge < -0.3 is 5.11 Å². The number of halogens is 1. The Morgan fingerprint density at radius 2 is 2.25 bits per heavy atom. The number of hydrogen-bond acceptors (Lipinski definition) is 5. The van der Waals surface area contributed by atoms with Crippen LogP contribution in [0.1, 0.15) is 0 Å². The van der Waals surface area contributed by atoms with Crippen LogP contribution >= 0.6 is 0 Å². The first kappa shape index (κ1) is 13.9. The van der Waals surface area contributed by atoms with Crippen molar-refractivity contribution in [2.45, 2.75) is 11.6 Å². The van der Waals surface area contributed by atoms with Crippen LogP contribution in [0, 0.1) is 5.82 Å². The monoisotopic (exact) mass is 300 g/mol. The van der Waals surface area contributed by atoms with Crippen molar-refractivity contribution in [3.8, 4) is 0 Å². The quantitative estimate of drug-likeness (QED) is 0.821. The van der Waals surface area contributed by atoms with Crippen LogP contribution < -0.4 is 4.72 Å². The second-order valence-corrected chi connectivity index (χ2v) is 5.31. The average molecular weight is 300 g/mol. The Kier molecular flexibility index (Phi) is 3.66. The van der Waals surface area contributed by atoms with Gasteiger partial charge in [-0.05, 0) is 12.1 Å². The molecule has 0 unspecified atom stereocenters. The molecule has 106 valence electrons. The number of sulfonamides is 1. The molecule has 0 aliphatic heterocycles. The minimum absolute atomic E-state index is 0.0105. The normalized spacial score (nSPS) is 11.2. The van der Waals surface area contributed by atoms with Crippen molar-refractivity contribution in [3.05, 3.63) is 36.5 Å². The SMILES string of the molecule is O=C(O)Cn1cc(NS(=O)(=O)c2ncccc2F)cn1. The molecule has 0 aliphatic carbocycles. The van der Waals surface area contributed by atoms with Crippen molar-refractivity contribution in [3.63, 3.8) is 0 Å². The molecule has 0 fully saturated rings. The molecule has 0 bridgehead atoms. The molecule has 0 aromatic carbocycles. The van der Waals surface area contributed by atoms with E-state index in [1.165, 1.54) is 12.3 Å². The molecule has 2 aromatic heterocycles. The maximum Gasteiger partial charge on any atom is 0.325 e. The van der Waals surface area contributed by atoms with Gasteiger partial charge in [0.05, 0.1) is 11.9 Å². The van der Waals surface area contributed by atoms with Gasteiger partial charge in [-0.25, -0.2) is 9.37 Å². The van der Waals surface area contributed by atoms with Crippen LogP contribution in [0.5, 0.6) is 0 Å². The summed E-state index contributed by atoms with van der Waals surface area (Å²) in [6.07, 6.45) is 3.43. The van der Waals surface area contributed by atoms with E-state index in [1.54, 1.807) is 0 Å². The Morgan fingerprint density at radius 1 is 1.50 bits per heavy atom. The second-order valence-electron chi connectivity index (χ2n) is 3.72. The van der Waals surface area contributed by atoms with Crippen LogP contribution in [0.2, 0.25) is 0 Å². The van der Waals surface area contributed by atoms with Crippen molar-refractivity contribution in [1.29, 1.82) is 0 Å². The first-order valence-corrected chi connectivity index (χ1v) is 6.74. The summed E-state index contributed by atoms with van der Waals surface area (Å²) in [5, 5.41) is 11.5. The van der Waals surface area contributed by atoms with E-state index in [-0.39, 0.29) is 5.69 Å². The molecule has 10 heteroatoms. The molecule has 2 N–H and O–H groups in total. The Labute approximate surface area is 112 Å². The molecular weight excluding hydrogens is 291 g/mol. The van der Waals surface area contributed by atoms with Gasteiger partial charge in [0.2, 0.25) is 5.03 Å². The molecule has 0 radical (unpaired) electrons. The number of hydrogen-bond donors (Lipinski definition) is 2. The molecular formula is C10H9FN4O4S. The summed E-state index contributed by atoms with van der Waals surface area (Å²) in [6, 6.07) is 2.23. The van der Waals surface area contributed by atoms with Crippen LogP contribution in [-0.4, -0.2) is 34.3 Å². The Bertz CT molecular complexity index is 743. The summed E-state index contributed by atoms with van der Waals surface area (Å²) in [7, 11) is -4.20. The number of rotatable bonds is 5. The number of nitrogens with one attached hydrogen (secondary N) is 1. The summed E-state index contributed by atoms with van der Waals surface area (Å²) in [6.45, 7) is -0.417. The van der Waals surface area contributed by atoms with Crippen LogP contribution in [0.25, 0.3) is 0 Å². The third kappa shape index (κ3) is 3.09. The fourth-order valence-corrected chi connectivity index (χ4v) is 2.45. The first-order valence-electron chi connectivity index (χ1n) is 5.26. The van der Waals surface area contributed by atoms with Crippen molar-refractivity contribution in [1.82, 2.24) is 14.8 Å². The number of carboxylic acids is 1. The van der Waals surface area contributed by atoms with E-state index in [0.29, 0.717) is 0 Å². The Morgan fingerprint density at radius 3 is 2.90 bits per heavy atom. The number of carboxylic acid groups (broad SMARTS) is 1. The summed E-state index contributed by atoms with van der Waals surface area (Å²) in [4.78, 5) is 13.9. The number of pyridine rings is 1. The predicted octanol–water partition coefficient (Wildman–Crippen LogP) is 0.303. The number of aromatic nitrogens is 3. The van der Waals surface area contributed by atoms with Crippen molar-refractivity contribution in [2.24, 2.45) is 0 Å². The lowest BCUT2D eigenvalue weighted by Crippen LogP contribution is -2.16. The van der Waals surface area contributed by atoms with Crippen LogP contribution in [-0.2, 0) is 21.4 Å². The Balaban J connectivity index is 2.23. The van der Waals surface area contributed by atoms with Gasteiger partial charge in [0.1, 0.15) is 6.54 Å². The van der Waals surface area contributed by atoms with Crippen molar-refractivity contribution >= 4 is 21.7 Å². The van der Waals surface area contributed by atoms with E-state index in [4.69, 9.17) is 5.11 Å². The average Bonchev–Trinajstić information content (AvgIpc) is 2.75. The van der Waals surface area contributed by atoms with Crippen LogP contribution in [0.3, 0.4) is 0 Å². The molecule has 20 heavy (non-hydrogen) atoms. The molecule has 0 saturated carbocycles. The van der Waals surface area contributed by atoms with Gasteiger partial charge in [-0.2, -0.15) is 13.5 Å². The lowest BCUT2D eigenvalue weighted by Gasteiger charge is -2.05. The molecule has 2 aromatic rings. The standard InChI is InChI=1S/C10H9FN4O4S/c11-8-2-1-3-12-10(8)20(18,19)14-7-4-13-15(5-7)6-9(16)17/h1-5,14H,6H2,(H,16,17). The van der Waals surface area contributed by atoms with Gasteiger partial charge >= 0.3 is 5.97 Å². The Hall–Kier alpha value is -2.49. The smallest absolute Gasteiger partial charge is 0.325 e. The fraction of sp³-hybridized carbons (Fsp3) is 0.100. The number of carbonyl (C=O) groups is 1. The van der Waals surface area contributed by atoms with E-state index >= 15 is 0 Å². The highest BCUT2D eigenvalue weighted by Gasteiger charge is 2.21. The molecule has 0 aliphatic rings. The molecule has 0 saturated heterocycles. The second kappa shape index (κ2) is 5.25. The largest absolute Gasteiger partial charge is 0.480 e. The maximum atomic E-state index is 13.4. The lowest BCUT2D eigenvalue weighted by molar-refractivity contribution is -0.137. The van der Waals surface area contributed by atoms with E-state index in [2.05, 4.69) is 14.8 Å². The number of anilines is 1. The van der Waals surface area contributed by atoms with Gasteiger partial charge in [0, 0.05) is 12.4 Å². The van der Waals surface area contributed by atoms with Gasteiger partial charge in [0.15, 0.2) is 5.82 Å². The summed E-state index contributed by atoms with van der Waals surface area (Å²) in [5.74, 6) is -2.11. The van der Waals surface area contributed by atoms with Gasteiger partial charge in [-0.1, -0.05) is 0 Å².